The molecule has 0 saturated heterocycles. The number of aromatic nitrogens is 3. The third kappa shape index (κ3) is 5.05. The van der Waals surface area contributed by atoms with Crippen molar-refractivity contribution in [3.8, 4) is 6.01 Å². The highest BCUT2D eigenvalue weighted by Crippen LogP contribution is 2.22. The van der Waals surface area contributed by atoms with Gasteiger partial charge < -0.3 is 15.2 Å². The molecular weight excluding hydrogens is 252 g/mol. The third-order valence-electron chi connectivity index (χ3n) is 1.83. The van der Waals surface area contributed by atoms with Crippen LogP contribution in [0.3, 0.4) is 0 Å². The lowest BCUT2D eigenvalue weighted by Crippen LogP contribution is -2.13. The van der Waals surface area contributed by atoms with Crippen molar-refractivity contribution in [3.63, 3.8) is 0 Å². The molecule has 18 heavy (non-hydrogen) atoms. The number of nitrogens with one attached hydrogen (secondary N) is 1. The number of ether oxygens (including phenoxy) is 1. The van der Waals surface area contributed by atoms with E-state index in [4.69, 9.17) is 9.84 Å². The minimum Gasteiger partial charge on any atom is -0.461 e. The highest BCUT2D eigenvalue weighted by atomic mass is 32.2. The van der Waals surface area contributed by atoms with Crippen LogP contribution in [0.15, 0.2) is 5.16 Å². The van der Waals surface area contributed by atoms with E-state index in [9.17, 15) is 0 Å². The van der Waals surface area contributed by atoms with Crippen LogP contribution >= 0.6 is 11.8 Å². The molecule has 0 bridgehead atoms. The van der Waals surface area contributed by atoms with Crippen LogP contribution in [-0.2, 0) is 0 Å². The average molecular weight is 272 g/mol. The van der Waals surface area contributed by atoms with Crippen LogP contribution in [0.5, 0.6) is 6.01 Å². The molecule has 1 aromatic heterocycles. The van der Waals surface area contributed by atoms with E-state index in [1.165, 1.54) is 11.8 Å². The second-order valence-electron chi connectivity index (χ2n) is 4.03. The van der Waals surface area contributed by atoms with E-state index in [0.29, 0.717) is 17.1 Å². The van der Waals surface area contributed by atoms with Crippen LogP contribution in [0, 0.1) is 0 Å². The van der Waals surface area contributed by atoms with Gasteiger partial charge in [-0.15, -0.1) is 0 Å². The molecule has 0 aliphatic heterocycles. The van der Waals surface area contributed by atoms with E-state index < -0.39 is 0 Å². The quantitative estimate of drug-likeness (QED) is 0.729. The number of hydrogen-bond donors (Lipinski definition) is 2. The van der Waals surface area contributed by atoms with Gasteiger partial charge in [-0.25, -0.2) is 0 Å². The van der Waals surface area contributed by atoms with Crippen molar-refractivity contribution in [3.05, 3.63) is 0 Å². The molecule has 0 fully saturated rings. The summed E-state index contributed by atoms with van der Waals surface area (Å²) in [5, 5.41) is 12.7. The molecule has 0 aliphatic rings. The Hall–Kier alpha value is -1.08. The number of hydrogen-bond acceptors (Lipinski definition) is 7. The van der Waals surface area contributed by atoms with E-state index in [1.54, 1.807) is 0 Å². The van der Waals surface area contributed by atoms with Gasteiger partial charge in [0.05, 0.1) is 12.7 Å². The van der Waals surface area contributed by atoms with Crippen molar-refractivity contribution in [2.24, 2.45) is 0 Å². The summed E-state index contributed by atoms with van der Waals surface area (Å²) in [4.78, 5) is 12.6. The fourth-order valence-electron chi connectivity index (χ4n) is 1.11. The number of thioether (sulfide) groups is 1. The largest absolute Gasteiger partial charge is 0.461 e. The first-order chi connectivity index (χ1) is 8.55. The standard InChI is InChI=1S/C11H20N4O2S/c1-5-12-9-13-10(17-7(2)3)15-11(14-9)18-8(4)6-16/h7-8,16H,5-6H2,1-4H3,(H,12,13,14,15). The van der Waals surface area contributed by atoms with Crippen LogP contribution in [0.2, 0.25) is 0 Å². The summed E-state index contributed by atoms with van der Waals surface area (Å²) in [6.45, 7) is 8.51. The minimum atomic E-state index is 0.00925. The molecule has 0 radical (unpaired) electrons. The molecule has 2 N–H and O–H groups in total. The van der Waals surface area contributed by atoms with Gasteiger partial charge in [-0.1, -0.05) is 18.7 Å². The first-order valence-electron chi connectivity index (χ1n) is 5.99. The van der Waals surface area contributed by atoms with Gasteiger partial charge >= 0.3 is 6.01 Å². The number of anilines is 1. The number of nitrogens with zero attached hydrogens (tertiary/aromatic N) is 3. The van der Waals surface area contributed by atoms with Gasteiger partial charge in [-0.2, -0.15) is 15.0 Å². The van der Waals surface area contributed by atoms with E-state index in [0.717, 1.165) is 6.54 Å². The molecule has 0 aromatic carbocycles. The number of rotatable bonds is 7. The molecule has 0 amide bonds. The van der Waals surface area contributed by atoms with Gasteiger partial charge in [0.1, 0.15) is 0 Å². The molecule has 0 spiro atoms. The summed E-state index contributed by atoms with van der Waals surface area (Å²) in [5.74, 6) is 0.496. The summed E-state index contributed by atoms with van der Waals surface area (Å²) in [7, 11) is 0. The van der Waals surface area contributed by atoms with Gasteiger partial charge in [0, 0.05) is 11.8 Å². The monoisotopic (exact) mass is 272 g/mol. The molecule has 1 atom stereocenters. The Kier molecular flexibility index (Phi) is 6.14. The minimum absolute atomic E-state index is 0.00925. The summed E-state index contributed by atoms with van der Waals surface area (Å²) >= 11 is 1.39. The molecule has 1 aromatic rings. The van der Waals surface area contributed by atoms with Gasteiger partial charge in [-0.05, 0) is 20.8 Å². The van der Waals surface area contributed by atoms with Crippen molar-refractivity contribution < 1.29 is 9.84 Å². The second-order valence-corrected chi connectivity index (χ2v) is 5.44. The van der Waals surface area contributed by atoms with Crippen LogP contribution in [0.25, 0.3) is 0 Å². The molecule has 1 rings (SSSR count). The summed E-state index contributed by atoms with van der Waals surface area (Å²) < 4.78 is 5.48. The first kappa shape index (κ1) is 15.0. The summed E-state index contributed by atoms with van der Waals surface area (Å²) in [5.41, 5.74) is 0. The SMILES string of the molecule is CCNc1nc(OC(C)C)nc(SC(C)CO)n1. The third-order valence-corrected chi connectivity index (χ3v) is 2.78. The zero-order valence-corrected chi connectivity index (χ0v) is 12.0. The Balaban J connectivity index is 2.90. The number of aliphatic hydroxyl groups is 1. The fraction of sp³-hybridized carbons (Fsp3) is 0.727. The maximum Gasteiger partial charge on any atom is 0.322 e. The highest BCUT2D eigenvalue weighted by molar-refractivity contribution is 7.99. The molecule has 0 aliphatic carbocycles. The van der Waals surface area contributed by atoms with E-state index in [1.807, 2.05) is 27.7 Å². The van der Waals surface area contributed by atoms with Crippen molar-refractivity contribution >= 4 is 17.7 Å². The van der Waals surface area contributed by atoms with Crippen molar-refractivity contribution in [1.29, 1.82) is 0 Å². The lowest BCUT2D eigenvalue weighted by Gasteiger charge is -2.11. The van der Waals surface area contributed by atoms with Gasteiger partial charge in [0.15, 0.2) is 5.16 Å². The van der Waals surface area contributed by atoms with Gasteiger partial charge in [0.25, 0.3) is 0 Å². The van der Waals surface area contributed by atoms with Crippen LogP contribution in [0.4, 0.5) is 5.95 Å². The molecule has 0 saturated carbocycles. The molecule has 102 valence electrons. The van der Waals surface area contributed by atoms with E-state index >= 15 is 0 Å². The lowest BCUT2D eigenvalue weighted by atomic mass is 10.5. The van der Waals surface area contributed by atoms with Gasteiger partial charge in [0.2, 0.25) is 5.95 Å². The lowest BCUT2D eigenvalue weighted by molar-refractivity contribution is 0.219. The highest BCUT2D eigenvalue weighted by Gasteiger charge is 2.11. The molecule has 1 unspecified atom stereocenters. The maximum absolute atomic E-state index is 9.04. The van der Waals surface area contributed by atoms with Gasteiger partial charge in [-0.3, -0.25) is 0 Å². The molecule has 1 heterocycles. The van der Waals surface area contributed by atoms with Crippen molar-refractivity contribution in [1.82, 2.24) is 15.0 Å². The molecule has 6 nitrogen and oxygen atoms in total. The predicted molar refractivity (Wildman–Crippen MR) is 72.2 cm³/mol. The zero-order chi connectivity index (χ0) is 13.5. The van der Waals surface area contributed by atoms with Crippen molar-refractivity contribution in [2.75, 3.05) is 18.5 Å². The predicted octanol–water partition coefficient (Wildman–Crippen LogP) is 1.56. The Morgan fingerprint density at radius 2 is 2.00 bits per heavy atom. The van der Waals surface area contributed by atoms with Crippen LogP contribution in [-0.4, -0.2) is 44.6 Å². The van der Waals surface area contributed by atoms with E-state index in [-0.39, 0.29) is 18.0 Å². The Morgan fingerprint density at radius 1 is 1.28 bits per heavy atom. The first-order valence-corrected chi connectivity index (χ1v) is 6.87. The fourth-order valence-corrected chi connectivity index (χ4v) is 1.81. The Labute approximate surface area is 112 Å². The van der Waals surface area contributed by atoms with Crippen LogP contribution in [0.1, 0.15) is 27.7 Å². The topological polar surface area (TPSA) is 80.2 Å². The van der Waals surface area contributed by atoms with E-state index in [2.05, 4.69) is 20.3 Å². The zero-order valence-electron chi connectivity index (χ0n) is 11.2. The Morgan fingerprint density at radius 3 is 2.56 bits per heavy atom. The average Bonchev–Trinajstić information content (AvgIpc) is 2.28. The smallest absolute Gasteiger partial charge is 0.322 e. The van der Waals surface area contributed by atoms with Crippen molar-refractivity contribution in [2.45, 2.75) is 44.2 Å². The normalized spacial score (nSPS) is 12.6. The molecular formula is C11H20N4O2S. The summed E-state index contributed by atoms with van der Waals surface area (Å²) in [6, 6.07) is 0.309. The second kappa shape index (κ2) is 7.38. The maximum atomic E-state index is 9.04. The summed E-state index contributed by atoms with van der Waals surface area (Å²) in [6.07, 6.45) is 0.00925. The van der Waals surface area contributed by atoms with Crippen LogP contribution < -0.4 is 10.1 Å². The number of aliphatic hydroxyl groups excluding tert-OH is 1. The Bertz CT molecular complexity index is 376. The molecule has 7 heteroatoms.